The van der Waals surface area contributed by atoms with E-state index in [9.17, 15) is 38.7 Å². The molecular weight excluding hydrogens is 498 g/mol. The fraction of sp³-hybridized carbons (Fsp3) is 0.500. The van der Waals surface area contributed by atoms with E-state index in [2.05, 4.69) is 25.9 Å². The van der Waals surface area contributed by atoms with Crippen LogP contribution in [0.2, 0.25) is 0 Å². The van der Waals surface area contributed by atoms with Gasteiger partial charge in [0.05, 0.1) is 18.8 Å². The van der Waals surface area contributed by atoms with Gasteiger partial charge in [0.15, 0.2) is 0 Å². The number of hydrogen-bond acceptors (Lipinski definition) is 9. The summed E-state index contributed by atoms with van der Waals surface area (Å²) >= 11 is 0. The van der Waals surface area contributed by atoms with E-state index in [0.717, 1.165) is 0 Å². The number of hydrogen-bond donors (Lipinski definition) is 9. The zero-order valence-corrected chi connectivity index (χ0v) is 19.5. The van der Waals surface area contributed by atoms with Crippen LogP contribution < -0.4 is 27.4 Å². The highest BCUT2D eigenvalue weighted by atomic mass is 16.4. The number of aromatic nitrogens is 2. The first-order valence-electron chi connectivity index (χ1n) is 10.9. The molecule has 37 heavy (non-hydrogen) atoms. The molecule has 4 unspecified atom stereocenters. The van der Waals surface area contributed by atoms with Gasteiger partial charge in [-0.05, 0) is 12.8 Å². The van der Waals surface area contributed by atoms with E-state index >= 15 is 0 Å². The van der Waals surface area contributed by atoms with Gasteiger partial charge in [0.2, 0.25) is 23.6 Å². The summed E-state index contributed by atoms with van der Waals surface area (Å²) in [6, 6.07) is -5.96. The highest BCUT2D eigenvalue weighted by Crippen LogP contribution is 2.05. The number of aromatic amines is 1. The monoisotopic (exact) mass is 527 g/mol. The van der Waals surface area contributed by atoms with Gasteiger partial charge in [-0.3, -0.25) is 28.8 Å². The Kier molecular flexibility index (Phi) is 12.2. The molecule has 0 saturated heterocycles. The Hall–Kier alpha value is -4.54. The number of nitrogens with one attached hydrogen (secondary N) is 4. The van der Waals surface area contributed by atoms with Crippen LogP contribution in [-0.2, 0) is 40.0 Å². The van der Waals surface area contributed by atoms with Gasteiger partial charge in [0.25, 0.3) is 0 Å². The quantitative estimate of drug-likeness (QED) is 0.0950. The zero-order valence-electron chi connectivity index (χ0n) is 19.5. The largest absolute Gasteiger partial charge is 0.481 e. The minimum Gasteiger partial charge on any atom is -0.481 e. The zero-order chi connectivity index (χ0) is 28.1. The molecule has 204 valence electrons. The number of H-pyrrole nitrogens is 1. The molecule has 17 nitrogen and oxygen atoms in total. The van der Waals surface area contributed by atoms with Crippen LogP contribution in [0.15, 0.2) is 12.5 Å². The molecule has 0 aliphatic heterocycles. The fourth-order valence-electron chi connectivity index (χ4n) is 2.99. The van der Waals surface area contributed by atoms with E-state index in [1.165, 1.54) is 12.5 Å². The van der Waals surface area contributed by atoms with Gasteiger partial charge in [-0.2, -0.15) is 0 Å². The molecule has 1 aromatic heterocycles. The summed E-state index contributed by atoms with van der Waals surface area (Å²) in [5.41, 5.74) is 11.2. The van der Waals surface area contributed by atoms with Gasteiger partial charge >= 0.3 is 17.9 Å². The van der Waals surface area contributed by atoms with Crippen LogP contribution in [0.5, 0.6) is 0 Å². The Labute approximate surface area is 209 Å². The summed E-state index contributed by atoms with van der Waals surface area (Å²) in [4.78, 5) is 89.0. The average molecular weight is 527 g/mol. The van der Waals surface area contributed by atoms with E-state index in [1.54, 1.807) is 0 Å². The first-order chi connectivity index (χ1) is 17.3. The van der Waals surface area contributed by atoms with Crippen LogP contribution in [0.3, 0.4) is 0 Å². The number of nitrogens with zero attached hydrogens (tertiary/aromatic N) is 1. The van der Waals surface area contributed by atoms with Crippen LogP contribution in [0.1, 0.15) is 37.8 Å². The molecule has 0 bridgehead atoms. The predicted molar refractivity (Wildman–Crippen MR) is 121 cm³/mol. The van der Waals surface area contributed by atoms with Crippen LogP contribution in [0, 0.1) is 0 Å². The summed E-state index contributed by atoms with van der Waals surface area (Å²) < 4.78 is 0. The number of carboxylic acids is 3. The van der Waals surface area contributed by atoms with Crippen molar-refractivity contribution in [1.82, 2.24) is 25.9 Å². The third-order valence-electron chi connectivity index (χ3n) is 4.92. The number of imidazole rings is 1. The van der Waals surface area contributed by atoms with Crippen molar-refractivity contribution < 1.29 is 48.9 Å². The fourth-order valence-corrected chi connectivity index (χ4v) is 2.99. The van der Waals surface area contributed by atoms with Crippen molar-refractivity contribution in [2.45, 2.75) is 62.7 Å². The second-order valence-electron chi connectivity index (χ2n) is 7.94. The number of carbonyl (C=O) groups is 7. The van der Waals surface area contributed by atoms with E-state index in [4.69, 9.17) is 21.7 Å². The second-order valence-corrected chi connectivity index (χ2v) is 7.94. The van der Waals surface area contributed by atoms with Crippen LogP contribution in [0.4, 0.5) is 0 Å². The van der Waals surface area contributed by atoms with Crippen molar-refractivity contribution in [1.29, 1.82) is 0 Å². The standard InChI is InChI=1S/C20H29N7O10/c21-10(1-3-15(29)30)17(33)26-12(5-9-7-23-8-24-9)18(34)27-13(6-14(22)28)19(35)25-11(20(36)37)2-4-16(31)32/h7-8,10-13H,1-6,21H2,(H2,22,28)(H,23,24)(H,25,35)(H,26,33)(H,27,34)(H,29,30)(H,31,32)(H,36,37). The first kappa shape index (κ1) is 30.5. The van der Waals surface area contributed by atoms with Crippen LogP contribution in [-0.4, -0.2) is 91.0 Å². The van der Waals surface area contributed by atoms with Crippen LogP contribution in [0.25, 0.3) is 0 Å². The number of nitrogens with two attached hydrogens (primary N) is 2. The van der Waals surface area contributed by atoms with Crippen molar-refractivity contribution in [2.24, 2.45) is 11.5 Å². The maximum atomic E-state index is 13.0. The molecule has 11 N–H and O–H groups in total. The molecule has 17 heteroatoms. The van der Waals surface area contributed by atoms with Crippen molar-refractivity contribution in [3.63, 3.8) is 0 Å². The Bertz CT molecular complexity index is 998. The molecule has 0 fully saturated rings. The summed E-state index contributed by atoms with van der Waals surface area (Å²) in [5.74, 6) is -8.03. The Morgan fingerprint density at radius 3 is 1.89 bits per heavy atom. The summed E-state index contributed by atoms with van der Waals surface area (Å²) in [6.07, 6.45) is 0.0568. The van der Waals surface area contributed by atoms with Gasteiger partial charge in [-0.1, -0.05) is 0 Å². The molecular formula is C20H29N7O10. The molecule has 0 aromatic carbocycles. The van der Waals surface area contributed by atoms with Gasteiger partial charge in [0.1, 0.15) is 18.1 Å². The lowest BCUT2D eigenvalue weighted by Crippen LogP contribution is -2.58. The molecule has 1 rings (SSSR count). The number of carboxylic acid groups (broad SMARTS) is 3. The normalized spacial score (nSPS) is 13.9. The molecule has 1 aromatic rings. The molecule has 0 spiro atoms. The summed E-state index contributed by atoms with van der Waals surface area (Å²) in [5, 5.41) is 33.4. The second kappa shape index (κ2) is 14.8. The summed E-state index contributed by atoms with van der Waals surface area (Å²) in [6.45, 7) is 0. The minimum absolute atomic E-state index is 0.176. The first-order valence-corrected chi connectivity index (χ1v) is 10.9. The van der Waals surface area contributed by atoms with E-state index in [0.29, 0.717) is 5.69 Å². The van der Waals surface area contributed by atoms with E-state index in [-0.39, 0.29) is 12.8 Å². The van der Waals surface area contributed by atoms with Crippen molar-refractivity contribution >= 4 is 41.5 Å². The van der Waals surface area contributed by atoms with Crippen molar-refractivity contribution in [3.05, 3.63) is 18.2 Å². The lowest BCUT2D eigenvalue weighted by Gasteiger charge is -2.24. The number of rotatable bonds is 17. The lowest BCUT2D eigenvalue weighted by molar-refractivity contribution is -0.143. The highest BCUT2D eigenvalue weighted by molar-refractivity contribution is 5.96. The predicted octanol–water partition coefficient (Wildman–Crippen LogP) is -3.58. The summed E-state index contributed by atoms with van der Waals surface area (Å²) in [7, 11) is 0. The molecule has 4 amide bonds. The molecule has 4 atom stereocenters. The molecule has 1 heterocycles. The lowest BCUT2D eigenvalue weighted by atomic mass is 10.1. The number of aliphatic carboxylic acids is 3. The van der Waals surface area contributed by atoms with Gasteiger partial charge in [0, 0.05) is 31.2 Å². The maximum absolute atomic E-state index is 13.0. The Balaban J connectivity index is 3.04. The van der Waals surface area contributed by atoms with Gasteiger partial charge in [-0.15, -0.1) is 0 Å². The number of primary amides is 1. The maximum Gasteiger partial charge on any atom is 0.326 e. The molecule has 0 aliphatic carbocycles. The third-order valence-corrected chi connectivity index (χ3v) is 4.92. The SMILES string of the molecule is NC(=O)CC(NC(=O)C(Cc1cnc[nH]1)NC(=O)C(N)CCC(=O)O)C(=O)NC(CCC(=O)O)C(=O)O. The smallest absolute Gasteiger partial charge is 0.326 e. The van der Waals surface area contributed by atoms with Gasteiger partial charge in [-0.25, -0.2) is 9.78 Å². The molecule has 0 saturated carbocycles. The Morgan fingerprint density at radius 2 is 1.38 bits per heavy atom. The number of amides is 4. The molecule has 0 aliphatic rings. The van der Waals surface area contributed by atoms with E-state index in [1.807, 2.05) is 0 Å². The topological polar surface area (TPSA) is 297 Å². The minimum atomic E-state index is -1.67. The van der Waals surface area contributed by atoms with Crippen LogP contribution >= 0.6 is 0 Å². The molecule has 0 radical (unpaired) electrons. The third kappa shape index (κ3) is 11.6. The average Bonchev–Trinajstić information content (AvgIpc) is 3.31. The van der Waals surface area contributed by atoms with Gasteiger partial charge < -0.3 is 47.7 Å². The van der Waals surface area contributed by atoms with E-state index < -0.39 is 91.4 Å². The number of carbonyl (C=O) groups excluding carboxylic acids is 4. The highest BCUT2D eigenvalue weighted by Gasteiger charge is 2.31. The van der Waals surface area contributed by atoms with Crippen molar-refractivity contribution in [2.75, 3.05) is 0 Å². The van der Waals surface area contributed by atoms with Crippen molar-refractivity contribution in [3.8, 4) is 0 Å². The Morgan fingerprint density at radius 1 is 0.838 bits per heavy atom.